The van der Waals surface area contributed by atoms with Crippen molar-refractivity contribution in [3.8, 4) is 0 Å². The molecule has 4 aromatic carbocycles. The number of hydrogen-bond donors (Lipinski definition) is 0. The Balaban J connectivity index is 1.55. The minimum Gasteiger partial charge on any atom is -0.452 e. The van der Waals surface area contributed by atoms with Crippen molar-refractivity contribution in [3.05, 3.63) is 131 Å². The Morgan fingerprint density at radius 2 is 1.06 bits per heavy atom. The molecule has 0 aliphatic carbocycles. The van der Waals surface area contributed by atoms with Crippen molar-refractivity contribution >= 4 is 32.2 Å². The highest BCUT2D eigenvalue weighted by Crippen LogP contribution is 2.33. The van der Waals surface area contributed by atoms with E-state index in [4.69, 9.17) is 27.3 Å². The van der Waals surface area contributed by atoms with Gasteiger partial charge in [-0.05, 0) is 62.4 Å². The van der Waals surface area contributed by atoms with Crippen molar-refractivity contribution in [1.29, 1.82) is 0 Å². The molecule has 1 heterocycles. The predicted molar refractivity (Wildman–Crippen MR) is 175 cm³/mol. The number of esters is 2. The molecule has 0 aromatic heterocycles. The first-order chi connectivity index (χ1) is 23.4. The van der Waals surface area contributed by atoms with Crippen LogP contribution in [0.25, 0.3) is 0 Å². The SMILES string of the molecule is COC1OC(COS(=O)(=O)c2ccc(C)cc2)C(OC(=O)c2ccccc2)C(OC(=O)c2ccccc2)C1OS(=O)(=O)c1ccc(C)cc1. The number of ether oxygens (including phenoxy) is 4. The Labute approximate surface area is 284 Å². The zero-order chi connectivity index (χ0) is 35.2. The second-order valence-corrected chi connectivity index (χ2v) is 14.3. The molecule has 4 aromatic rings. The van der Waals surface area contributed by atoms with Gasteiger partial charge in [-0.1, -0.05) is 71.8 Å². The zero-order valence-corrected chi connectivity index (χ0v) is 28.3. The third kappa shape index (κ3) is 8.78. The third-order valence-corrected chi connectivity index (χ3v) is 10.2. The Bertz CT molecular complexity index is 1950. The first kappa shape index (κ1) is 35.9. The zero-order valence-electron chi connectivity index (χ0n) is 26.7. The van der Waals surface area contributed by atoms with Crippen LogP contribution < -0.4 is 0 Å². The molecule has 1 aliphatic rings. The summed E-state index contributed by atoms with van der Waals surface area (Å²) in [5.41, 5.74) is 1.80. The lowest BCUT2D eigenvalue weighted by Gasteiger charge is -2.43. The fourth-order valence-corrected chi connectivity index (χ4v) is 6.94. The Morgan fingerprint density at radius 3 is 1.53 bits per heavy atom. The van der Waals surface area contributed by atoms with Gasteiger partial charge in [0.2, 0.25) is 0 Å². The van der Waals surface area contributed by atoms with Gasteiger partial charge in [-0.3, -0.25) is 8.37 Å². The maximum absolute atomic E-state index is 13.6. The molecular weight excluding hydrogens is 677 g/mol. The molecule has 258 valence electrons. The predicted octanol–water partition coefficient (Wildman–Crippen LogP) is 4.61. The Hall–Kier alpha value is -4.44. The molecule has 14 heteroatoms. The van der Waals surface area contributed by atoms with E-state index < -0.39 is 69.5 Å². The molecule has 5 atom stereocenters. The van der Waals surface area contributed by atoms with Gasteiger partial charge < -0.3 is 18.9 Å². The number of rotatable bonds is 12. The van der Waals surface area contributed by atoms with Crippen LogP contribution in [-0.4, -0.2) is 73.2 Å². The first-order valence-corrected chi connectivity index (χ1v) is 17.9. The van der Waals surface area contributed by atoms with Gasteiger partial charge in [0.1, 0.15) is 6.10 Å². The minimum atomic E-state index is -4.57. The highest BCUT2D eigenvalue weighted by Gasteiger charge is 2.53. The van der Waals surface area contributed by atoms with Gasteiger partial charge >= 0.3 is 11.9 Å². The van der Waals surface area contributed by atoms with Gasteiger partial charge in [0, 0.05) is 7.11 Å². The van der Waals surface area contributed by atoms with Crippen LogP contribution in [0.3, 0.4) is 0 Å². The largest absolute Gasteiger partial charge is 0.452 e. The molecule has 0 N–H and O–H groups in total. The summed E-state index contributed by atoms with van der Waals surface area (Å²) in [5, 5.41) is 0. The van der Waals surface area contributed by atoms with E-state index >= 15 is 0 Å². The second kappa shape index (κ2) is 15.4. The molecule has 0 spiro atoms. The average Bonchev–Trinajstić information content (AvgIpc) is 3.10. The van der Waals surface area contributed by atoms with E-state index in [1.807, 2.05) is 0 Å². The Kier molecular flexibility index (Phi) is 11.3. The van der Waals surface area contributed by atoms with Crippen molar-refractivity contribution < 1.29 is 53.7 Å². The van der Waals surface area contributed by atoms with E-state index in [9.17, 15) is 26.4 Å². The lowest BCUT2D eigenvalue weighted by Crippen LogP contribution is -2.63. The molecule has 12 nitrogen and oxygen atoms in total. The molecule has 0 bridgehead atoms. The van der Waals surface area contributed by atoms with Crippen LogP contribution in [0.5, 0.6) is 0 Å². The van der Waals surface area contributed by atoms with Crippen molar-refractivity contribution in [3.63, 3.8) is 0 Å². The number of carbonyl (C=O) groups is 2. The van der Waals surface area contributed by atoms with Crippen LogP contribution in [0.15, 0.2) is 119 Å². The molecule has 0 amide bonds. The maximum Gasteiger partial charge on any atom is 0.338 e. The summed E-state index contributed by atoms with van der Waals surface area (Å²) in [6.45, 7) is 2.82. The van der Waals surface area contributed by atoms with Gasteiger partial charge in [0.05, 0.1) is 27.5 Å². The van der Waals surface area contributed by atoms with E-state index in [-0.39, 0.29) is 20.9 Å². The monoisotopic (exact) mass is 710 g/mol. The molecule has 1 fully saturated rings. The van der Waals surface area contributed by atoms with E-state index in [1.165, 1.54) is 55.6 Å². The average molecular weight is 711 g/mol. The van der Waals surface area contributed by atoms with E-state index in [0.29, 0.717) is 0 Å². The summed E-state index contributed by atoms with van der Waals surface area (Å²) < 4.78 is 87.6. The van der Waals surface area contributed by atoms with E-state index in [1.54, 1.807) is 74.5 Å². The van der Waals surface area contributed by atoms with Crippen molar-refractivity contribution in [2.75, 3.05) is 13.7 Å². The summed E-state index contributed by atoms with van der Waals surface area (Å²) in [6.07, 6.45) is -8.21. The summed E-state index contributed by atoms with van der Waals surface area (Å²) >= 11 is 0. The fourth-order valence-electron chi connectivity index (χ4n) is 4.95. The van der Waals surface area contributed by atoms with E-state index in [2.05, 4.69) is 0 Å². The summed E-state index contributed by atoms with van der Waals surface area (Å²) in [4.78, 5) is 26.6. The number of aryl methyl sites for hydroxylation is 2. The van der Waals surface area contributed by atoms with Gasteiger partial charge in [0.15, 0.2) is 24.6 Å². The third-order valence-electron chi connectivity index (χ3n) is 7.57. The Morgan fingerprint density at radius 1 is 0.612 bits per heavy atom. The minimum absolute atomic E-state index is 0.0889. The standard InChI is InChI=1S/C35H34O12S2/c1-23-14-18-27(19-15-23)48(38,39)43-22-29-30(45-33(36)25-10-6-4-7-11-25)31(46-34(37)26-12-8-5-9-13-26)32(35(42-3)44-29)47-49(40,41)28-20-16-24(2)17-21-28/h4-21,29-32,35H,22H2,1-3H3. The topological polar surface area (TPSA) is 158 Å². The van der Waals surface area contributed by atoms with Gasteiger partial charge in [-0.15, -0.1) is 0 Å². The van der Waals surface area contributed by atoms with Crippen molar-refractivity contribution in [2.45, 2.75) is 54.3 Å². The lowest BCUT2D eigenvalue weighted by molar-refractivity contribution is -0.285. The van der Waals surface area contributed by atoms with Crippen LogP contribution in [0.4, 0.5) is 0 Å². The van der Waals surface area contributed by atoms with E-state index in [0.717, 1.165) is 11.1 Å². The van der Waals surface area contributed by atoms with Crippen LogP contribution in [0, 0.1) is 13.8 Å². The molecule has 0 saturated carbocycles. The molecule has 1 saturated heterocycles. The summed E-state index contributed by atoms with van der Waals surface area (Å²) in [7, 11) is -7.75. The second-order valence-electron chi connectivity index (χ2n) is 11.1. The fraction of sp³-hybridized carbons (Fsp3) is 0.257. The normalized spacial score (nSPS) is 21.1. The van der Waals surface area contributed by atoms with Crippen LogP contribution >= 0.6 is 0 Å². The highest BCUT2D eigenvalue weighted by atomic mass is 32.2. The highest BCUT2D eigenvalue weighted by molar-refractivity contribution is 7.87. The number of carbonyl (C=O) groups excluding carboxylic acids is 2. The molecule has 5 rings (SSSR count). The first-order valence-electron chi connectivity index (χ1n) is 15.0. The molecule has 5 unspecified atom stereocenters. The lowest BCUT2D eigenvalue weighted by atomic mass is 9.98. The van der Waals surface area contributed by atoms with Crippen LogP contribution in [-0.2, 0) is 47.5 Å². The number of hydrogen-bond acceptors (Lipinski definition) is 12. The quantitative estimate of drug-likeness (QED) is 0.149. The van der Waals surface area contributed by atoms with Gasteiger partial charge in [-0.25, -0.2) is 9.59 Å². The van der Waals surface area contributed by atoms with Crippen molar-refractivity contribution in [2.24, 2.45) is 0 Å². The summed E-state index contributed by atoms with van der Waals surface area (Å²) in [6, 6.07) is 27.3. The smallest absolute Gasteiger partial charge is 0.338 e. The molecule has 1 aliphatic heterocycles. The molecule has 49 heavy (non-hydrogen) atoms. The van der Waals surface area contributed by atoms with Gasteiger partial charge in [-0.2, -0.15) is 16.8 Å². The number of methoxy groups -OCH3 is 1. The van der Waals surface area contributed by atoms with Crippen molar-refractivity contribution in [1.82, 2.24) is 0 Å². The maximum atomic E-state index is 13.6. The number of benzene rings is 4. The molecular formula is C35H34O12S2. The van der Waals surface area contributed by atoms with Gasteiger partial charge in [0.25, 0.3) is 20.2 Å². The summed E-state index contributed by atoms with van der Waals surface area (Å²) in [5.74, 6) is -1.83. The van der Waals surface area contributed by atoms with Crippen LogP contribution in [0.1, 0.15) is 31.8 Å². The van der Waals surface area contributed by atoms with Crippen LogP contribution in [0.2, 0.25) is 0 Å². The molecule has 0 radical (unpaired) electrons.